The molecule has 76 valence electrons. The molecular weight excluding hydrogens is 242 g/mol. The molecule has 0 atom stereocenters. The van der Waals surface area contributed by atoms with Gasteiger partial charge in [0.2, 0.25) is 0 Å². The van der Waals surface area contributed by atoms with Gasteiger partial charge >= 0.3 is 0 Å². The summed E-state index contributed by atoms with van der Waals surface area (Å²) in [5.41, 5.74) is 0.0599. The minimum Gasteiger partial charge on any atom is -0.368 e. The largest absolute Gasteiger partial charge is 0.368 e. The van der Waals surface area contributed by atoms with Gasteiger partial charge in [-0.05, 0) is 21.3 Å². The molecule has 0 radical (unpaired) electrons. The fraction of sp³-hybridized carbons (Fsp3) is 0.400. The van der Waals surface area contributed by atoms with Crippen LogP contribution in [0.3, 0.4) is 0 Å². The van der Waals surface area contributed by atoms with Gasteiger partial charge in [-0.15, -0.1) is 6.58 Å². The minimum atomic E-state index is 0.0599. The molecular formula is C10H14BrN3. The number of hydrogen-bond donors (Lipinski definition) is 1. The van der Waals surface area contributed by atoms with Gasteiger partial charge in [0, 0.05) is 12.7 Å². The van der Waals surface area contributed by atoms with E-state index in [0.717, 1.165) is 16.8 Å². The second-order valence-corrected chi connectivity index (χ2v) is 4.62. The van der Waals surface area contributed by atoms with Crippen LogP contribution in [-0.2, 0) is 0 Å². The predicted molar refractivity (Wildman–Crippen MR) is 62.2 cm³/mol. The Kier molecular flexibility index (Phi) is 3.63. The summed E-state index contributed by atoms with van der Waals surface area (Å²) in [6.45, 7) is 8.81. The molecule has 4 heteroatoms. The van der Waals surface area contributed by atoms with E-state index in [1.54, 1.807) is 6.20 Å². The number of aromatic nitrogens is 2. The van der Waals surface area contributed by atoms with E-state index in [4.69, 9.17) is 0 Å². The monoisotopic (exact) mass is 255 g/mol. The SMILES string of the molecule is C=CC(C)(C)CNc1ncncc1Br. The lowest BCUT2D eigenvalue weighted by atomic mass is 9.94. The molecule has 0 fully saturated rings. The van der Waals surface area contributed by atoms with Crippen LogP contribution < -0.4 is 5.32 Å². The van der Waals surface area contributed by atoms with E-state index in [1.807, 2.05) is 6.08 Å². The van der Waals surface area contributed by atoms with Crippen molar-refractivity contribution in [3.63, 3.8) is 0 Å². The Labute approximate surface area is 92.8 Å². The number of hydrogen-bond acceptors (Lipinski definition) is 3. The third-order valence-corrected chi connectivity index (χ3v) is 2.51. The molecule has 1 aromatic rings. The van der Waals surface area contributed by atoms with Gasteiger partial charge in [-0.3, -0.25) is 0 Å². The maximum absolute atomic E-state index is 4.11. The van der Waals surface area contributed by atoms with E-state index in [2.05, 4.69) is 51.6 Å². The molecule has 14 heavy (non-hydrogen) atoms. The van der Waals surface area contributed by atoms with Gasteiger partial charge < -0.3 is 5.32 Å². The summed E-state index contributed by atoms with van der Waals surface area (Å²) < 4.78 is 0.875. The van der Waals surface area contributed by atoms with Crippen molar-refractivity contribution in [3.05, 3.63) is 29.7 Å². The zero-order valence-electron chi connectivity index (χ0n) is 8.42. The van der Waals surface area contributed by atoms with Crippen LogP contribution in [0.4, 0.5) is 5.82 Å². The van der Waals surface area contributed by atoms with Crippen LogP contribution in [0.2, 0.25) is 0 Å². The Morgan fingerprint density at radius 2 is 2.36 bits per heavy atom. The van der Waals surface area contributed by atoms with Crippen LogP contribution >= 0.6 is 15.9 Å². The molecule has 0 aliphatic rings. The third-order valence-electron chi connectivity index (χ3n) is 1.93. The molecule has 1 aromatic heterocycles. The van der Waals surface area contributed by atoms with Crippen LogP contribution in [0, 0.1) is 5.41 Å². The Balaban J connectivity index is 2.62. The maximum Gasteiger partial charge on any atom is 0.143 e. The molecule has 1 heterocycles. The highest BCUT2D eigenvalue weighted by Crippen LogP contribution is 2.21. The molecule has 0 spiro atoms. The first-order chi connectivity index (χ1) is 6.55. The summed E-state index contributed by atoms with van der Waals surface area (Å²) >= 11 is 3.37. The van der Waals surface area contributed by atoms with Crippen molar-refractivity contribution in [2.24, 2.45) is 5.41 Å². The fourth-order valence-corrected chi connectivity index (χ4v) is 1.19. The average molecular weight is 256 g/mol. The van der Waals surface area contributed by atoms with E-state index in [1.165, 1.54) is 6.33 Å². The number of anilines is 1. The highest BCUT2D eigenvalue weighted by atomic mass is 79.9. The third kappa shape index (κ3) is 3.10. The van der Waals surface area contributed by atoms with Crippen LogP contribution in [0.15, 0.2) is 29.7 Å². The lowest BCUT2D eigenvalue weighted by Crippen LogP contribution is -2.20. The topological polar surface area (TPSA) is 37.8 Å². The summed E-state index contributed by atoms with van der Waals surface area (Å²) in [5, 5.41) is 3.23. The normalized spacial score (nSPS) is 11.1. The van der Waals surface area contributed by atoms with Gasteiger partial charge in [-0.25, -0.2) is 9.97 Å². The molecule has 1 N–H and O–H groups in total. The molecule has 1 rings (SSSR count). The fourth-order valence-electron chi connectivity index (χ4n) is 0.826. The van der Waals surface area contributed by atoms with E-state index in [9.17, 15) is 0 Å². The first kappa shape index (κ1) is 11.2. The van der Waals surface area contributed by atoms with Crippen molar-refractivity contribution >= 4 is 21.7 Å². The Morgan fingerprint density at radius 3 is 2.93 bits per heavy atom. The lowest BCUT2D eigenvalue weighted by Gasteiger charge is -2.20. The van der Waals surface area contributed by atoms with E-state index < -0.39 is 0 Å². The second-order valence-electron chi connectivity index (χ2n) is 3.77. The van der Waals surface area contributed by atoms with E-state index >= 15 is 0 Å². The molecule has 0 bridgehead atoms. The highest BCUT2D eigenvalue weighted by Gasteiger charge is 2.13. The van der Waals surface area contributed by atoms with Crippen molar-refractivity contribution in [3.8, 4) is 0 Å². The summed E-state index contributed by atoms with van der Waals surface area (Å²) in [6, 6.07) is 0. The first-order valence-corrected chi connectivity index (χ1v) is 5.17. The van der Waals surface area contributed by atoms with Crippen molar-refractivity contribution in [1.29, 1.82) is 0 Å². The molecule has 0 aliphatic carbocycles. The number of nitrogens with one attached hydrogen (secondary N) is 1. The van der Waals surface area contributed by atoms with Crippen LogP contribution in [0.5, 0.6) is 0 Å². The van der Waals surface area contributed by atoms with E-state index in [0.29, 0.717) is 0 Å². The number of nitrogens with zero attached hydrogens (tertiary/aromatic N) is 2. The molecule has 0 saturated heterocycles. The molecule has 0 aromatic carbocycles. The minimum absolute atomic E-state index is 0.0599. The molecule has 0 aliphatic heterocycles. The Morgan fingerprint density at radius 1 is 1.64 bits per heavy atom. The van der Waals surface area contributed by atoms with Gasteiger partial charge in [0.25, 0.3) is 0 Å². The Bertz CT molecular complexity index is 323. The van der Waals surface area contributed by atoms with Crippen LogP contribution in [0.25, 0.3) is 0 Å². The van der Waals surface area contributed by atoms with Gasteiger partial charge in [0.05, 0.1) is 4.47 Å². The average Bonchev–Trinajstić information content (AvgIpc) is 2.17. The van der Waals surface area contributed by atoms with Gasteiger partial charge in [0.1, 0.15) is 12.1 Å². The van der Waals surface area contributed by atoms with Gasteiger partial charge in [-0.2, -0.15) is 0 Å². The second kappa shape index (κ2) is 4.55. The van der Waals surface area contributed by atoms with Gasteiger partial charge in [0.15, 0.2) is 0 Å². The molecule has 0 amide bonds. The highest BCUT2D eigenvalue weighted by molar-refractivity contribution is 9.10. The standard InChI is InChI=1S/C10H14BrN3/c1-4-10(2,3)6-13-9-8(11)5-12-7-14-9/h4-5,7H,1,6H2,2-3H3,(H,12,13,14). The van der Waals surface area contributed by atoms with Gasteiger partial charge in [-0.1, -0.05) is 19.9 Å². The summed E-state index contributed by atoms with van der Waals surface area (Å²) in [4.78, 5) is 8.00. The summed E-state index contributed by atoms with van der Waals surface area (Å²) in [6.07, 6.45) is 5.17. The summed E-state index contributed by atoms with van der Waals surface area (Å²) in [7, 11) is 0. The lowest BCUT2D eigenvalue weighted by molar-refractivity contribution is 0.513. The van der Waals surface area contributed by atoms with Crippen molar-refractivity contribution in [1.82, 2.24) is 9.97 Å². The summed E-state index contributed by atoms with van der Waals surface area (Å²) in [5.74, 6) is 0.815. The maximum atomic E-state index is 4.11. The van der Waals surface area contributed by atoms with Crippen LogP contribution in [0.1, 0.15) is 13.8 Å². The number of halogens is 1. The van der Waals surface area contributed by atoms with Crippen LogP contribution in [-0.4, -0.2) is 16.5 Å². The first-order valence-electron chi connectivity index (χ1n) is 4.38. The smallest absolute Gasteiger partial charge is 0.143 e. The quantitative estimate of drug-likeness (QED) is 0.842. The molecule has 0 unspecified atom stereocenters. The predicted octanol–water partition coefficient (Wildman–Crippen LogP) is 2.86. The number of rotatable bonds is 4. The van der Waals surface area contributed by atoms with Crippen molar-refractivity contribution in [2.45, 2.75) is 13.8 Å². The Hall–Kier alpha value is -0.900. The zero-order chi connectivity index (χ0) is 10.6. The van der Waals surface area contributed by atoms with E-state index in [-0.39, 0.29) is 5.41 Å². The van der Waals surface area contributed by atoms with Crippen molar-refractivity contribution < 1.29 is 0 Å². The molecule has 0 saturated carbocycles. The zero-order valence-corrected chi connectivity index (χ0v) is 10.0. The molecule has 3 nitrogen and oxygen atoms in total. The van der Waals surface area contributed by atoms with Crippen molar-refractivity contribution in [2.75, 3.05) is 11.9 Å².